The highest BCUT2D eigenvalue weighted by Crippen LogP contribution is 2.28. The summed E-state index contributed by atoms with van der Waals surface area (Å²) in [5.41, 5.74) is 2.02. The summed E-state index contributed by atoms with van der Waals surface area (Å²) in [7, 11) is 0. The third-order valence-electron chi connectivity index (χ3n) is 4.70. The van der Waals surface area contributed by atoms with E-state index in [2.05, 4.69) is 31.2 Å². The van der Waals surface area contributed by atoms with Crippen LogP contribution in [0.3, 0.4) is 0 Å². The molecule has 0 aromatic carbocycles. The first-order valence-corrected chi connectivity index (χ1v) is 8.37. The van der Waals surface area contributed by atoms with Crippen molar-refractivity contribution in [1.29, 1.82) is 0 Å². The largest absolute Gasteiger partial charge is 0.361 e. The second kappa shape index (κ2) is 7.16. The van der Waals surface area contributed by atoms with E-state index in [4.69, 9.17) is 4.52 Å². The summed E-state index contributed by atoms with van der Waals surface area (Å²) in [4.78, 5) is 14.4. The van der Waals surface area contributed by atoms with Crippen LogP contribution in [0.2, 0.25) is 0 Å². The molecule has 1 atom stereocenters. The number of rotatable bonds is 6. The molecule has 1 heterocycles. The lowest BCUT2D eigenvalue weighted by atomic mass is 9.85. The fourth-order valence-corrected chi connectivity index (χ4v) is 3.12. The van der Waals surface area contributed by atoms with Gasteiger partial charge >= 0.3 is 6.03 Å². The molecule has 1 aromatic rings. The molecule has 22 heavy (non-hydrogen) atoms. The monoisotopic (exact) mass is 307 g/mol. The Hall–Kier alpha value is -1.52. The quantitative estimate of drug-likeness (QED) is 0.873. The van der Waals surface area contributed by atoms with Gasteiger partial charge in [0.1, 0.15) is 5.76 Å². The number of nitrogens with one attached hydrogen (secondary N) is 1. The fourth-order valence-electron chi connectivity index (χ4n) is 3.12. The maximum atomic E-state index is 12.5. The van der Waals surface area contributed by atoms with Gasteiger partial charge in [-0.1, -0.05) is 18.5 Å². The fraction of sp³-hybridized carbons (Fsp3) is 0.765. The van der Waals surface area contributed by atoms with Crippen LogP contribution in [0, 0.1) is 19.8 Å². The molecule has 0 unspecified atom stereocenters. The molecular weight excluding hydrogens is 278 g/mol. The Labute approximate surface area is 133 Å². The van der Waals surface area contributed by atoms with E-state index in [1.54, 1.807) is 0 Å². The van der Waals surface area contributed by atoms with Gasteiger partial charge in [-0.05, 0) is 46.5 Å². The molecule has 1 N–H and O–H groups in total. The topological polar surface area (TPSA) is 58.4 Å². The molecule has 1 aliphatic rings. The van der Waals surface area contributed by atoms with Gasteiger partial charge in [-0.3, -0.25) is 0 Å². The lowest BCUT2D eigenvalue weighted by Gasteiger charge is -2.35. The first-order valence-electron chi connectivity index (χ1n) is 8.37. The highest BCUT2D eigenvalue weighted by atomic mass is 16.5. The molecule has 1 aromatic heterocycles. The zero-order valence-electron chi connectivity index (χ0n) is 14.5. The Kier molecular flexibility index (Phi) is 5.48. The molecule has 0 radical (unpaired) electrons. The van der Waals surface area contributed by atoms with Gasteiger partial charge in [0.25, 0.3) is 0 Å². The third-order valence-corrected chi connectivity index (χ3v) is 4.70. The first-order chi connectivity index (χ1) is 10.4. The molecule has 0 spiro atoms. The average Bonchev–Trinajstić information content (AvgIpc) is 2.73. The smallest absolute Gasteiger partial charge is 0.317 e. The normalized spacial score (nSPS) is 16.5. The van der Waals surface area contributed by atoms with E-state index < -0.39 is 0 Å². The Morgan fingerprint density at radius 1 is 1.36 bits per heavy atom. The Morgan fingerprint density at radius 3 is 2.50 bits per heavy atom. The standard InChI is InChI=1S/C17H29N3O2/c1-11(2)20(10-15-7-6-8-15)17(21)18-9-12(3)16-13(4)19-22-14(16)5/h11-12,15H,6-10H2,1-5H3,(H,18,21)/t12-/m1/s1. The van der Waals surface area contributed by atoms with Crippen LogP contribution in [0.15, 0.2) is 4.52 Å². The number of nitrogens with zero attached hydrogens (tertiary/aromatic N) is 2. The van der Waals surface area contributed by atoms with Gasteiger partial charge in [0.05, 0.1) is 5.69 Å². The SMILES string of the molecule is Cc1noc(C)c1[C@H](C)CNC(=O)N(CC1CCC1)C(C)C. The Balaban J connectivity index is 1.89. The van der Waals surface area contributed by atoms with Crippen molar-refractivity contribution in [3.63, 3.8) is 0 Å². The Bertz CT molecular complexity index is 487. The van der Waals surface area contributed by atoms with E-state index in [-0.39, 0.29) is 18.0 Å². The van der Waals surface area contributed by atoms with Crippen LogP contribution in [-0.2, 0) is 0 Å². The molecule has 1 aliphatic carbocycles. The molecule has 5 heteroatoms. The van der Waals surface area contributed by atoms with Gasteiger partial charge in [-0.15, -0.1) is 0 Å². The molecule has 0 aliphatic heterocycles. The number of carbonyl (C=O) groups excluding carboxylic acids is 1. The van der Waals surface area contributed by atoms with E-state index >= 15 is 0 Å². The van der Waals surface area contributed by atoms with Gasteiger partial charge in [0.15, 0.2) is 0 Å². The second-order valence-corrected chi connectivity index (χ2v) is 6.87. The molecule has 2 amide bonds. The predicted octanol–water partition coefficient (Wildman–Crippen LogP) is 3.62. The predicted molar refractivity (Wildman–Crippen MR) is 87.0 cm³/mol. The summed E-state index contributed by atoms with van der Waals surface area (Å²) in [5, 5.41) is 7.07. The molecule has 124 valence electrons. The van der Waals surface area contributed by atoms with E-state index in [0.29, 0.717) is 12.5 Å². The van der Waals surface area contributed by atoms with Crippen molar-refractivity contribution >= 4 is 6.03 Å². The summed E-state index contributed by atoms with van der Waals surface area (Å²) in [6.07, 6.45) is 3.82. The maximum absolute atomic E-state index is 12.5. The van der Waals surface area contributed by atoms with Crippen molar-refractivity contribution in [2.45, 2.75) is 65.8 Å². The number of amides is 2. The summed E-state index contributed by atoms with van der Waals surface area (Å²) >= 11 is 0. The second-order valence-electron chi connectivity index (χ2n) is 6.87. The van der Waals surface area contributed by atoms with Crippen molar-refractivity contribution < 1.29 is 9.32 Å². The Morgan fingerprint density at radius 2 is 2.05 bits per heavy atom. The molecule has 1 saturated carbocycles. The highest BCUT2D eigenvalue weighted by Gasteiger charge is 2.26. The van der Waals surface area contributed by atoms with Crippen LogP contribution >= 0.6 is 0 Å². The molecular formula is C17H29N3O2. The van der Waals surface area contributed by atoms with Crippen molar-refractivity contribution in [3.05, 3.63) is 17.0 Å². The summed E-state index contributed by atoms with van der Waals surface area (Å²) in [5.74, 6) is 1.73. The zero-order valence-corrected chi connectivity index (χ0v) is 14.5. The minimum atomic E-state index is 0.0421. The number of aromatic nitrogens is 1. The first kappa shape index (κ1) is 16.8. The minimum absolute atomic E-state index is 0.0421. The molecule has 0 saturated heterocycles. The zero-order chi connectivity index (χ0) is 16.3. The van der Waals surface area contributed by atoms with E-state index in [0.717, 1.165) is 23.6 Å². The van der Waals surface area contributed by atoms with Crippen LogP contribution in [-0.4, -0.2) is 35.2 Å². The van der Waals surface area contributed by atoms with Crippen LogP contribution < -0.4 is 5.32 Å². The van der Waals surface area contributed by atoms with Crippen LogP contribution in [0.1, 0.15) is 63.0 Å². The lowest BCUT2D eigenvalue weighted by molar-refractivity contribution is 0.150. The highest BCUT2D eigenvalue weighted by molar-refractivity contribution is 5.74. The van der Waals surface area contributed by atoms with Crippen LogP contribution in [0.4, 0.5) is 4.79 Å². The number of aryl methyl sites for hydroxylation is 2. The van der Waals surface area contributed by atoms with E-state index in [1.807, 2.05) is 18.7 Å². The van der Waals surface area contributed by atoms with Gasteiger partial charge in [0, 0.05) is 30.6 Å². The summed E-state index contributed by atoms with van der Waals surface area (Å²) in [6.45, 7) is 11.6. The van der Waals surface area contributed by atoms with Gasteiger partial charge < -0.3 is 14.7 Å². The number of urea groups is 1. The number of carbonyl (C=O) groups is 1. The minimum Gasteiger partial charge on any atom is -0.361 e. The van der Waals surface area contributed by atoms with Crippen LogP contribution in [0.25, 0.3) is 0 Å². The molecule has 1 fully saturated rings. The van der Waals surface area contributed by atoms with Crippen molar-refractivity contribution in [3.8, 4) is 0 Å². The van der Waals surface area contributed by atoms with Gasteiger partial charge in [-0.2, -0.15) is 0 Å². The van der Waals surface area contributed by atoms with Crippen molar-refractivity contribution in [2.75, 3.05) is 13.1 Å². The van der Waals surface area contributed by atoms with Crippen LogP contribution in [0.5, 0.6) is 0 Å². The van der Waals surface area contributed by atoms with Crippen molar-refractivity contribution in [2.24, 2.45) is 5.92 Å². The van der Waals surface area contributed by atoms with E-state index in [9.17, 15) is 4.79 Å². The number of hydrogen-bond acceptors (Lipinski definition) is 3. The average molecular weight is 307 g/mol. The summed E-state index contributed by atoms with van der Waals surface area (Å²) < 4.78 is 5.21. The lowest BCUT2D eigenvalue weighted by Crippen LogP contribution is -2.47. The van der Waals surface area contributed by atoms with E-state index in [1.165, 1.54) is 19.3 Å². The molecule has 2 rings (SSSR count). The molecule has 0 bridgehead atoms. The van der Waals surface area contributed by atoms with Crippen molar-refractivity contribution in [1.82, 2.24) is 15.4 Å². The molecule has 5 nitrogen and oxygen atoms in total. The summed E-state index contributed by atoms with van der Waals surface area (Å²) in [6, 6.07) is 0.274. The number of hydrogen-bond donors (Lipinski definition) is 1. The maximum Gasteiger partial charge on any atom is 0.317 e. The third kappa shape index (κ3) is 3.81. The van der Waals surface area contributed by atoms with Gasteiger partial charge in [0.2, 0.25) is 0 Å². The van der Waals surface area contributed by atoms with Gasteiger partial charge in [-0.25, -0.2) is 4.79 Å².